The number of halogens is 3. The van der Waals surface area contributed by atoms with E-state index in [1.165, 1.54) is 29.2 Å². The third-order valence-electron chi connectivity index (χ3n) is 4.01. The number of nitrogens with two attached hydrogens (primary N) is 1. The van der Waals surface area contributed by atoms with Crippen LogP contribution in [0.25, 0.3) is 5.57 Å². The van der Waals surface area contributed by atoms with Crippen molar-refractivity contribution in [1.82, 2.24) is 4.90 Å². The van der Waals surface area contributed by atoms with Crippen molar-refractivity contribution in [3.8, 4) is 0 Å². The Bertz CT molecular complexity index is 626. The van der Waals surface area contributed by atoms with E-state index in [0.717, 1.165) is 6.42 Å². The van der Waals surface area contributed by atoms with E-state index in [0.29, 0.717) is 25.5 Å². The first-order valence-electron chi connectivity index (χ1n) is 7.72. The first-order valence-corrected chi connectivity index (χ1v) is 7.72. The number of hydrogen-bond donors (Lipinski definition) is 1. The number of hydrogen-bond acceptors (Lipinski definition) is 2. The standard InChI is InChI=1S/C17H19F3N2O2/c18-17(19,20)14(12-6-2-1-3-7-12)11-16(24)22-9-5-4-8-13(22)10-15(21)23/h1-3,6-7,11,13H,4-5,8-10H2,(H2,21,23)/b14-11-/t13-/m1/s1. The molecule has 2 N–H and O–H groups in total. The average Bonchev–Trinajstić information content (AvgIpc) is 2.52. The fraction of sp³-hybridized carbons (Fsp3) is 0.412. The number of amides is 2. The van der Waals surface area contributed by atoms with Crippen molar-refractivity contribution in [1.29, 1.82) is 0 Å². The summed E-state index contributed by atoms with van der Waals surface area (Å²) in [6.45, 7) is 0.327. The number of allylic oxidation sites excluding steroid dienone is 1. The predicted octanol–water partition coefficient (Wildman–Crippen LogP) is 2.89. The van der Waals surface area contributed by atoms with Crippen LogP contribution in [0.4, 0.5) is 13.2 Å². The summed E-state index contributed by atoms with van der Waals surface area (Å²) in [6, 6.07) is 6.75. The molecule has 1 aliphatic heterocycles. The molecule has 1 heterocycles. The van der Waals surface area contributed by atoms with Crippen molar-refractivity contribution in [3.05, 3.63) is 42.0 Å². The van der Waals surface area contributed by atoms with E-state index < -0.39 is 29.6 Å². The van der Waals surface area contributed by atoms with Crippen molar-refractivity contribution < 1.29 is 22.8 Å². The number of likely N-dealkylation sites (tertiary alicyclic amines) is 1. The van der Waals surface area contributed by atoms with Gasteiger partial charge in [-0.15, -0.1) is 0 Å². The third-order valence-corrected chi connectivity index (χ3v) is 4.01. The molecule has 1 fully saturated rings. The van der Waals surface area contributed by atoms with E-state index in [4.69, 9.17) is 5.73 Å². The van der Waals surface area contributed by atoms with Crippen LogP contribution in [0.15, 0.2) is 36.4 Å². The Morgan fingerprint density at radius 1 is 1.21 bits per heavy atom. The Balaban J connectivity index is 2.30. The zero-order valence-corrected chi connectivity index (χ0v) is 13.1. The second kappa shape index (κ2) is 7.51. The van der Waals surface area contributed by atoms with Gasteiger partial charge in [-0.3, -0.25) is 9.59 Å². The molecule has 0 unspecified atom stereocenters. The minimum absolute atomic E-state index is 0.0354. The molecule has 0 radical (unpaired) electrons. The molecule has 0 bridgehead atoms. The van der Waals surface area contributed by atoms with Crippen LogP contribution in [0, 0.1) is 0 Å². The topological polar surface area (TPSA) is 63.4 Å². The number of carbonyl (C=O) groups excluding carboxylic acids is 2. The highest BCUT2D eigenvalue weighted by molar-refractivity contribution is 5.96. The largest absolute Gasteiger partial charge is 0.417 e. The average molecular weight is 340 g/mol. The molecule has 0 aromatic heterocycles. The van der Waals surface area contributed by atoms with Crippen LogP contribution in [0.1, 0.15) is 31.2 Å². The summed E-state index contributed by atoms with van der Waals surface area (Å²) in [5, 5.41) is 0. The SMILES string of the molecule is NC(=O)C[C@H]1CCCCN1C(=O)/C=C(/c1ccccc1)C(F)(F)F. The summed E-state index contributed by atoms with van der Waals surface area (Å²) >= 11 is 0. The monoisotopic (exact) mass is 340 g/mol. The maximum absolute atomic E-state index is 13.3. The van der Waals surface area contributed by atoms with Crippen molar-refractivity contribution in [2.45, 2.75) is 37.9 Å². The highest BCUT2D eigenvalue weighted by Gasteiger charge is 2.36. The highest BCUT2D eigenvalue weighted by atomic mass is 19.4. The van der Waals surface area contributed by atoms with E-state index in [9.17, 15) is 22.8 Å². The molecular weight excluding hydrogens is 321 g/mol. The van der Waals surface area contributed by atoms with E-state index in [1.807, 2.05) is 0 Å². The molecule has 4 nitrogen and oxygen atoms in total. The minimum Gasteiger partial charge on any atom is -0.370 e. The summed E-state index contributed by atoms with van der Waals surface area (Å²) in [5.74, 6) is -1.31. The van der Waals surface area contributed by atoms with Gasteiger partial charge in [0.1, 0.15) is 0 Å². The van der Waals surface area contributed by atoms with Gasteiger partial charge in [0.05, 0.1) is 5.57 Å². The van der Waals surface area contributed by atoms with Gasteiger partial charge in [-0.05, 0) is 24.8 Å². The first-order chi connectivity index (χ1) is 11.3. The molecule has 1 atom stereocenters. The lowest BCUT2D eigenvalue weighted by atomic mass is 9.98. The Hall–Kier alpha value is -2.31. The molecule has 2 rings (SSSR count). The third kappa shape index (κ3) is 4.59. The van der Waals surface area contributed by atoms with Crippen LogP contribution >= 0.6 is 0 Å². The molecule has 130 valence electrons. The van der Waals surface area contributed by atoms with E-state index in [1.54, 1.807) is 6.07 Å². The van der Waals surface area contributed by atoms with Crippen molar-refractivity contribution >= 4 is 17.4 Å². The molecule has 2 amide bonds. The van der Waals surface area contributed by atoms with Gasteiger partial charge in [-0.1, -0.05) is 30.3 Å². The number of piperidine rings is 1. The second-order valence-corrected chi connectivity index (χ2v) is 5.77. The summed E-state index contributed by atoms with van der Waals surface area (Å²) in [5.41, 5.74) is 4.12. The number of nitrogens with zero attached hydrogens (tertiary/aromatic N) is 1. The molecule has 24 heavy (non-hydrogen) atoms. The number of carbonyl (C=O) groups is 2. The van der Waals surface area contributed by atoms with Gasteiger partial charge in [0, 0.05) is 25.1 Å². The molecular formula is C17H19F3N2O2. The maximum atomic E-state index is 13.3. The van der Waals surface area contributed by atoms with Crippen molar-refractivity contribution in [3.63, 3.8) is 0 Å². The summed E-state index contributed by atoms with van der Waals surface area (Å²) < 4.78 is 40.0. The fourth-order valence-electron chi connectivity index (χ4n) is 2.89. The first kappa shape index (κ1) is 18.0. The van der Waals surface area contributed by atoms with Crippen molar-refractivity contribution in [2.24, 2.45) is 5.73 Å². The second-order valence-electron chi connectivity index (χ2n) is 5.77. The van der Waals surface area contributed by atoms with Crippen LogP contribution in [-0.4, -0.2) is 35.5 Å². The van der Waals surface area contributed by atoms with E-state index in [2.05, 4.69) is 0 Å². The smallest absolute Gasteiger partial charge is 0.370 e. The number of alkyl halides is 3. The van der Waals surface area contributed by atoms with Gasteiger partial charge < -0.3 is 10.6 Å². The lowest BCUT2D eigenvalue weighted by Gasteiger charge is -2.34. The fourth-order valence-corrected chi connectivity index (χ4v) is 2.89. The molecule has 1 aromatic rings. The van der Waals surface area contributed by atoms with Gasteiger partial charge >= 0.3 is 6.18 Å². The maximum Gasteiger partial charge on any atom is 0.417 e. The van der Waals surface area contributed by atoms with Crippen LogP contribution in [0.2, 0.25) is 0 Å². The van der Waals surface area contributed by atoms with Gasteiger partial charge in [-0.2, -0.15) is 13.2 Å². The molecule has 1 aromatic carbocycles. The zero-order valence-electron chi connectivity index (χ0n) is 13.1. The van der Waals surface area contributed by atoms with Crippen LogP contribution < -0.4 is 5.73 Å². The normalized spacial score (nSPS) is 19.2. The number of primary amides is 1. The summed E-state index contributed by atoms with van der Waals surface area (Å²) in [7, 11) is 0. The molecule has 7 heteroatoms. The number of rotatable bonds is 4. The van der Waals surface area contributed by atoms with E-state index in [-0.39, 0.29) is 12.0 Å². The predicted molar refractivity (Wildman–Crippen MR) is 83.6 cm³/mol. The quantitative estimate of drug-likeness (QED) is 0.857. The summed E-state index contributed by atoms with van der Waals surface area (Å²) in [4.78, 5) is 24.9. The van der Waals surface area contributed by atoms with Crippen LogP contribution in [-0.2, 0) is 9.59 Å². The van der Waals surface area contributed by atoms with Crippen LogP contribution in [0.5, 0.6) is 0 Å². The lowest BCUT2D eigenvalue weighted by molar-refractivity contribution is -0.131. The summed E-state index contributed by atoms with van der Waals surface area (Å²) in [6.07, 6.45) is -1.99. The molecule has 0 aliphatic carbocycles. The minimum atomic E-state index is -4.65. The van der Waals surface area contributed by atoms with Gasteiger partial charge in [0.25, 0.3) is 0 Å². The molecule has 0 spiro atoms. The van der Waals surface area contributed by atoms with Gasteiger partial charge in [0.2, 0.25) is 11.8 Å². The molecule has 1 saturated heterocycles. The van der Waals surface area contributed by atoms with Crippen molar-refractivity contribution in [2.75, 3.05) is 6.54 Å². The van der Waals surface area contributed by atoms with Gasteiger partial charge in [0.15, 0.2) is 0 Å². The molecule has 1 aliphatic rings. The molecule has 0 saturated carbocycles. The Kier molecular flexibility index (Phi) is 5.64. The number of benzene rings is 1. The van der Waals surface area contributed by atoms with Crippen LogP contribution in [0.3, 0.4) is 0 Å². The Morgan fingerprint density at radius 2 is 1.88 bits per heavy atom. The highest BCUT2D eigenvalue weighted by Crippen LogP contribution is 2.34. The zero-order chi connectivity index (χ0) is 17.7. The Morgan fingerprint density at radius 3 is 2.46 bits per heavy atom. The van der Waals surface area contributed by atoms with Gasteiger partial charge in [-0.25, -0.2) is 0 Å². The Labute approximate surface area is 138 Å². The lowest BCUT2D eigenvalue weighted by Crippen LogP contribution is -2.45. The van der Waals surface area contributed by atoms with E-state index >= 15 is 0 Å².